The minimum absolute atomic E-state index is 0.000782. The van der Waals surface area contributed by atoms with Crippen LogP contribution in [0, 0.1) is 0 Å². The lowest BCUT2D eigenvalue weighted by Gasteiger charge is -2.24. The molecule has 0 unspecified atom stereocenters. The molecule has 4 N–H and O–H groups in total. The van der Waals surface area contributed by atoms with Crippen molar-refractivity contribution in [3.05, 3.63) is 91.0 Å². The van der Waals surface area contributed by atoms with Crippen molar-refractivity contribution in [1.29, 1.82) is 0 Å². The monoisotopic (exact) mass is 536 g/mol. The van der Waals surface area contributed by atoms with Gasteiger partial charge in [0.25, 0.3) is 0 Å². The Labute approximate surface area is 231 Å². The molecule has 2 rings (SSSR count). The van der Waals surface area contributed by atoms with Gasteiger partial charge in [-0.05, 0) is 56.9 Å². The van der Waals surface area contributed by atoms with E-state index in [4.69, 9.17) is 9.47 Å². The quantitative estimate of drug-likeness (QED) is 0.194. The van der Waals surface area contributed by atoms with Crippen molar-refractivity contribution in [3.63, 3.8) is 0 Å². The van der Waals surface area contributed by atoms with Gasteiger partial charge in [0, 0.05) is 12.2 Å². The topological polar surface area (TPSA) is 118 Å². The summed E-state index contributed by atoms with van der Waals surface area (Å²) >= 11 is 0. The normalized spacial score (nSPS) is 12.3. The third kappa shape index (κ3) is 12.2. The molecule has 9 heteroatoms. The second-order valence-electron chi connectivity index (χ2n) is 9.86. The number of hydrogen-bond acceptors (Lipinski definition) is 6. The van der Waals surface area contributed by atoms with Gasteiger partial charge in [-0.3, -0.25) is 4.79 Å². The first-order valence-electron chi connectivity index (χ1n) is 12.9. The summed E-state index contributed by atoms with van der Waals surface area (Å²) in [6.07, 6.45) is 3.33. The first kappa shape index (κ1) is 31.0. The predicted octanol–water partition coefficient (Wildman–Crippen LogP) is 5.23. The largest absolute Gasteiger partial charge is 0.445 e. The third-order valence-corrected chi connectivity index (χ3v) is 5.35. The Hall–Kier alpha value is -4.27. The maximum Gasteiger partial charge on any atom is 0.407 e. The molecule has 0 aromatic heterocycles. The van der Waals surface area contributed by atoms with Gasteiger partial charge in [0.1, 0.15) is 18.2 Å². The summed E-state index contributed by atoms with van der Waals surface area (Å²) in [4.78, 5) is 37.6. The summed E-state index contributed by atoms with van der Waals surface area (Å²) in [7, 11) is 0. The highest BCUT2D eigenvalue weighted by molar-refractivity contribution is 5.85. The molecule has 0 radical (unpaired) electrons. The average Bonchev–Trinajstić information content (AvgIpc) is 2.89. The number of anilines is 1. The van der Waals surface area contributed by atoms with Gasteiger partial charge in [-0.1, -0.05) is 54.6 Å². The number of carbonyl (C=O) groups is 3. The maximum atomic E-state index is 12.9. The predicted molar refractivity (Wildman–Crippen MR) is 153 cm³/mol. The van der Waals surface area contributed by atoms with Crippen LogP contribution in [0.15, 0.2) is 79.9 Å². The lowest BCUT2D eigenvalue weighted by molar-refractivity contribution is -0.121. The first-order valence-corrected chi connectivity index (χ1v) is 12.9. The molecule has 0 spiro atoms. The van der Waals surface area contributed by atoms with E-state index >= 15 is 0 Å². The Morgan fingerprint density at radius 2 is 1.69 bits per heavy atom. The van der Waals surface area contributed by atoms with Crippen LogP contribution in [0.5, 0.6) is 0 Å². The summed E-state index contributed by atoms with van der Waals surface area (Å²) in [5, 5.41) is 11.6. The van der Waals surface area contributed by atoms with Crippen LogP contribution in [0.1, 0.15) is 50.8 Å². The van der Waals surface area contributed by atoms with E-state index in [1.54, 1.807) is 39.0 Å². The minimum Gasteiger partial charge on any atom is -0.445 e. The van der Waals surface area contributed by atoms with Crippen LogP contribution in [-0.2, 0) is 20.9 Å². The maximum absolute atomic E-state index is 12.9. The van der Waals surface area contributed by atoms with Gasteiger partial charge in [0.2, 0.25) is 5.91 Å². The molecule has 39 heavy (non-hydrogen) atoms. The van der Waals surface area contributed by atoms with E-state index in [2.05, 4.69) is 34.4 Å². The fourth-order valence-electron chi connectivity index (χ4n) is 3.53. The molecule has 9 nitrogen and oxygen atoms in total. The van der Waals surface area contributed by atoms with Crippen molar-refractivity contribution in [3.8, 4) is 0 Å². The van der Waals surface area contributed by atoms with Gasteiger partial charge in [-0.15, -0.1) is 13.2 Å². The first-order chi connectivity index (χ1) is 18.6. The summed E-state index contributed by atoms with van der Waals surface area (Å²) in [6.45, 7) is 13.3. The molecule has 0 aliphatic rings. The molecule has 0 aliphatic carbocycles. The average molecular weight is 537 g/mol. The van der Waals surface area contributed by atoms with Gasteiger partial charge in [-0.25, -0.2) is 9.59 Å². The zero-order valence-electron chi connectivity index (χ0n) is 23.0. The SMILES string of the molecule is C=CCCNC(=O)[C@@H](CNC(=O)OC(C)(C)C)Nc1cccc([C@H](CC=C)NC(=O)OCc2ccccc2)c1. The molecule has 2 aromatic rings. The molecule has 210 valence electrons. The van der Waals surface area contributed by atoms with Crippen LogP contribution in [-0.4, -0.2) is 42.8 Å². The molecule has 0 fully saturated rings. The second kappa shape index (κ2) is 15.9. The Kier molecular flexibility index (Phi) is 12.6. The fraction of sp³-hybridized carbons (Fsp3) is 0.367. The summed E-state index contributed by atoms with van der Waals surface area (Å²) in [5.74, 6) is -0.288. The molecular weight excluding hydrogens is 496 g/mol. The highest BCUT2D eigenvalue weighted by Gasteiger charge is 2.22. The molecule has 3 amide bonds. The Balaban J connectivity index is 2.10. The summed E-state index contributed by atoms with van der Waals surface area (Å²) < 4.78 is 10.7. The van der Waals surface area contributed by atoms with E-state index < -0.39 is 29.9 Å². The molecule has 2 atom stereocenters. The van der Waals surface area contributed by atoms with E-state index in [1.165, 1.54) is 0 Å². The highest BCUT2D eigenvalue weighted by Crippen LogP contribution is 2.22. The third-order valence-electron chi connectivity index (χ3n) is 5.35. The number of benzene rings is 2. The van der Waals surface area contributed by atoms with E-state index in [-0.39, 0.29) is 19.1 Å². The molecular formula is C30H40N4O5. The molecule has 2 aromatic carbocycles. The lowest BCUT2D eigenvalue weighted by Crippen LogP contribution is -2.48. The molecule has 0 saturated heterocycles. The Bertz CT molecular complexity index is 1100. The van der Waals surface area contributed by atoms with E-state index in [1.807, 2.05) is 48.5 Å². The van der Waals surface area contributed by atoms with Crippen molar-refractivity contribution in [2.75, 3.05) is 18.4 Å². The lowest BCUT2D eigenvalue weighted by atomic mass is 10.0. The smallest absolute Gasteiger partial charge is 0.407 e. The number of amides is 3. The van der Waals surface area contributed by atoms with Crippen molar-refractivity contribution in [2.24, 2.45) is 0 Å². The summed E-state index contributed by atoms with van der Waals surface area (Å²) in [6, 6.07) is 15.6. The van der Waals surface area contributed by atoms with Gasteiger partial charge >= 0.3 is 12.2 Å². The van der Waals surface area contributed by atoms with Crippen LogP contribution < -0.4 is 21.3 Å². The van der Waals surface area contributed by atoms with Crippen molar-refractivity contribution in [1.82, 2.24) is 16.0 Å². The van der Waals surface area contributed by atoms with Crippen LogP contribution in [0.3, 0.4) is 0 Å². The van der Waals surface area contributed by atoms with E-state index in [9.17, 15) is 14.4 Å². The van der Waals surface area contributed by atoms with Crippen LogP contribution >= 0.6 is 0 Å². The van der Waals surface area contributed by atoms with E-state index in [0.29, 0.717) is 25.1 Å². The Morgan fingerprint density at radius 1 is 0.949 bits per heavy atom. The number of nitrogens with one attached hydrogen (secondary N) is 4. The second-order valence-corrected chi connectivity index (χ2v) is 9.86. The van der Waals surface area contributed by atoms with Crippen molar-refractivity contribution < 1.29 is 23.9 Å². The van der Waals surface area contributed by atoms with Crippen LogP contribution in [0.2, 0.25) is 0 Å². The fourth-order valence-corrected chi connectivity index (χ4v) is 3.53. The zero-order valence-corrected chi connectivity index (χ0v) is 23.0. The number of ether oxygens (including phenoxy) is 2. The van der Waals surface area contributed by atoms with Gasteiger partial charge in [-0.2, -0.15) is 0 Å². The van der Waals surface area contributed by atoms with Gasteiger partial charge < -0.3 is 30.7 Å². The minimum atomic E-state index is -0.778. The zero-order chi connectivity index (χ0) is 28.7. The van der Waals surface area contributed by atoms with Crippen molar-refractivity contribution >= 4 is 23.8 Å². The van der Waals surface area contributed by atoms with Crippen LogP contribution in [0.25, 0.3) is 0 Å². The molecule has 0 bridgehead atoms. The highest BCUT2D eigenvalue weighted by atomic mass is 16.6. The van der Waals surface area contributed by atoms with Crippen molar-refractivity contribution in [2.45, 2.75) is 57.9 Å². The van der Waals surface area contributed by atoms with E-state index in [0.717, 1.165) is 11.1 Å². The molecule has 0 aliphatic heterocycles. The summed E-state index contributed by atoms with van der Waals surface area (Å²) in [5.41, 5.74) is 1.65. The number of hydrogen-bond donors (Lipinski definition) is 4. The number of rotatable bonds is 14. The number of carbonyl (C=O) groups excluding carboxylic acids is 3. The van der Waals surface area contributed by atoms with Gasteiger partial charge in [0.15, 0.2) is 0 Å². The van der Waals surface area contributed by atoms with Gasteiger partial charge in [0.05, 0.1) is 12.6 Å². The Morgan fingerprint density at radius 3 is 2.36 bits per heavy atom. The standard InChI is InChI=1S/C30H40N4O5/c1-6-8-18-31-27(35)26(20-32-28(36)39-30(3,4)5)33-24-17-12-16-23(19-24)25(13-7-2)34-29(37)38-21-22-14-10-9-11-15-22/h6-7,9-12,14-17,19,25-26,33H,1-2,8,13,18,20-21H2,3-5H3,(H,31,35)(H,32,36)(H,34,37)/t25-,26+/m0/s1. The molecule has 0 heterocycles. The molecule has 0 saturated carbocycles. The number of alkyl carbamates (subject to hydrolysis) is 2. The van der Waals surface area contributed by atoms with Crippen LogP contribution in [0.4, 0.5) is 15.3 Å².